The number of aliphatic hydroxyl groups is 1. The number of ether oxygens (including phenoxy) is 1. The molecule has 0 aromatic carbocycles. The molecule has 0 aromatic rings. The van der Waals surface area contributed by atoms with Crippen LogP contribution in [0.1, 0.15) is 0 Å². The SMILES string of the molecule is O=PON1CCNCC1N1CCOC(CO)C1. The molecule has 2 atom stereocenters. The van der Waals surface area contributed by atoms with Crippen LogP contribution in [0.15, 0.2) is 0 Å². The van der Waals surface area contributed by atoms with Crippen molar-refractivity contribution >= 4 is 8.69 Å². The average Bonchev–Trinajstić information content (AvgIpc) is 2.40. The summed E-state index contributed by atoms with van der Waals surface area (Å²) < 4.78 is 21.0. The zero-order valence-electron chi connectivity index (χ0n) is 9.62. The van der Waals surface area contributed by atoms with Crippen LogP contribution in [0.3, 0.4) is 0 Å². The van der Waals surface area contributed by atoms with Crippen molar-refractivity contribution in [1.82, 2.24) is 15.3 Å². The fourth-order valence-electron chi connectivity index (χ4n) is 2.24. The van der Waals surface area contributed by atoms with Gasteiger partial charge < -0.3 is 15.2 Å². The normalized spacial score (nSPS) is 33.0. The molecule has 98 valence electrons. The second-order valence-electron chi connectivity index (χ2n) is 4.15. The fraction of sp³-hybridized carbons (Fsp3) is 1.00. The van der Waals surface area contributed by atoms with E-state index in [0.717, 1.165) is 19.6 Å². The van der Waals surface area contributed by atoms with Crippen molar-refractivity contribution in [2.75, 3.05) is 45.9 Å². The molecule has 2 N–H and O–H groups in total. The summed E-state index contributed by atoms with van der Waals surface area (Å²) >= 11 is 0. The Labute approximate surface area is 102 Å². The van der Waals surface area contributed by atoms with Gasteiger partial charge in [-0.15, -0.1) is 0 Å². The standard InChI is InChI=1S/C9H18N3O4P/c13-7-8-6-11(3-4-15-8)9-5-10-1-2-12(9)16-17-14/h8-10,13H,1-7H2. The average molecular weight is 263 g/mol. The lowest BCUT2D eigenvalue weighted by Gasteiger charge is -2.43. The van der Waals surface area contributed by atoms with Crippen molar-refractivity contribution in [3.05, 3.63) is 0 Å². The summed E-state index contributed by atoms with van der Waals surface area (Å²) in [5, 5.41) is 14.1. The largest absolute Gasteiger partial charge is 0.394 e. The monoisotopic (exact) mass is 263 g/mol. The van der Waals surface area contributed by atoms with Crippen molar-refractivity contribution in [1.29, 1.82) is 0 Å². The lowest BCUT2D eigenvalue weighted by atomic mass is 10.2. The van der Waals surface area contributed by atoms with E-state index in [1.54, 1.807) is 5.06 Å². The van der Waals surface area contributed by atoms with E-state index in [-0.39, 0.29) is 27.6 Å². The number of piperazine rings is 1. The van der Waals surface area contributed by atoms with Crippen molar-refractivity contribution in [3.8, 4) is 0 Å². The topological polar surface area (TPSA) is 74.3 Å². The number of aliphatic hydroxyl groups excluding tert-OH is 1. The van der Waals surface area contributed by atoms with Crippen LogP contribution in [0.4, 0.5) is 0 Å². The van der Waals surface area contributed by atoms with E-state index in [9.17, 15) is 4.57 Å². The van der Waals surface area contributed by atoms with Gasteiger partial charge in [-0.3, -0.25) is 4.90 Å². The molecule has 0 bridgehead atoms. The molecule has 2 rings (SSSR count). The van der Waals surface area contributed by atoms with Gasteiger partial charge in [-0.1, -0.05) is 0 Å². The zero-order chi connectivity index (χ0) is 12.1. The zero-order valence-corrected chi connectivity index (χ0v) is 10.5. The molecule has 2 aliphatic rings. The Bertz CT molecular complexity index is 258. The summed E-state index contributed by atoms with van der Waals surface area (Å²) in [7, 11) is -0.326. The number of hydrogen-bond acceptors (Lipinski definition) is 7. The van der Waals surface area contributed by atoms with Crippen LogP contribution >= 0.6 is 8.69 Å². The third-order valence-electron chi connectivity index (χ3n) is 3.10. The fourth-order valence-corrected chi connectivity index (χ4v) is 2.52. The predicted molar refractivity (Wildman–Crippen MR) is 60.5 cm³/mol. The molecule has 0 aliphatic carbocycles. The maximum atomic E-state index is 10.6. The molecule has 0 saturated carbocycles. The molecular weight excluding hydrogens is 245 g/mol. The Balaban J connectivity index is 1.95. The third-order valence-corrected chi connectivity index (χ3v) is 3.38. The number of nitrogens with zero attached hydrogens (tertiary/aromatic N) is 2. The molecule has 2 saturated heterocycles. The van der Waals surface area contributed by atoms with Crippen LogP contribution in [0.25, 0.3) is 0 Å². The number of rotatable bonds is 4. The van der Waals surface area contributed by atoms with Crippen LogP contribution in [0.5, 0.6) is 0 Å². The molecule has 7 nitrogen and oxygen atoms in total. The maximum Gasteiger partial charge on any atom is 0.346 e. The molecule has 8 heteroatoms. The van der Waals surface area contributed by atoms with Gasteiger partial charge in [0.25, 0.3) is 0 Å². The first kappa shape index (κ1) is 13.3. The predicted octanol–water partition coefficient (Wildman–Crippen LogP) is -0.951. The first-order chi connectivity index (χ1) is 8.35. The lowest BCUT2D eigenvalue weighted by molar-refractivity contribution is -0.173. The smallest absolute Gasteiger partial charge is 0.346 e. The van der Waals surface area contributed by atoms with E-state index < -0.39 is 0 Å². The molecule has 0 spiro atoms. The van der Waals surface area contributed by atoms with Gasteiger partial charge in [-0.2, -0.15) is 5.06 Å². The Kier molecular flexibility index (Phi) is 5.24. The van der Waals surface area contributed by atoms with Crippen LogP contribution < -0.4 is 5.32 Å². The molecule has 0 aromatic heterocycles. The van der Waals surface area contributed by atoms with Crippen LogP contribution in [0.2, 0.25) is 0 Å². The van der Waals surface area contributed by atoms with Crippen LogP contribution in [0, 0.1) is 0 Å². The Morgan fingerprint density at radius 1 is 1.53 bits per heavy atom. The summed E-state index contributed by atoms with van der Waals surface area (Å²) in [6.07, 6.45) is -0.0968. The lowest BCUT2D eigenvalue weighted by Crippen LogP contribution is -2.61. The minimum atomic E-state index is -0.326. The summed E-state index contributed by atoms with van der Waals surface area (Å²) in [5.41, 5.74) is 0. The van der Waals surface area contributed by atoms with Gasteiger partial charge in [0.05, 0.1) is 19.3 Å². The molecule has 2 heterocycles. The summed E-state index contributed by atoms with van der Waals surface area (Å²) in [4.78, 5) is 2.18. The second-order valence-corrected chi connectivity index (χ2v) is 4.46. The molecule has 0 amide bonds. The van der Waals surface area contributed by atoms with E-state index in [0.29, 0.717) is 19.7 Å². The van der Waals surface area contributed by atoms with Gasteiger partial charge in [0.15, 0.2) is 0 Å². The van der Waals surface area contributed by atoms with Gasteiger partial charge in [-0.25, -0.2) is 9.19 Å². The van der Waals surface area contributed by atoms with Crippen LogP contribution in [-0.4, -0.2) is 73.3 Å². The van der Waals surface area contributed by atoms with Gasteiger partial charge in [0.2, 0.25) is 0 Å². The molecular formula is C9H18N3O4P. The second kappa shape index (κ2) is 6.70. The van der Waals surface area contributed by atoms with Crippen molar-refractivity contribution < 1.29 is 19.0 Å². The Morgan fingerprint density at radius 3 is 3.18 bits per heavy atom. The summed E-state index contributed by atoms with van der Waals surface area (Å²) in [6, 6.07) is 0. The maximum absolute atomic E-state index is 10.6. The van der Waals surface area contributed by atoms with Gasteiger partial charge in [0.1, 0.15) is 6.17 Å². The highest BCUT2D eigenvalue weighted by Crippen LogP contribution is 2.16. The van der Waals surface area contributed by atoms with Gasteiger partial charge in [-0.05, 0) is 0 Å². The van der Waals surface area contributed by atoms with Gasteiger partial charge >= 0.3 is 8.69 Å². The quantitative estimate of drug-likeness (QED) is 0.633. The van der Waals surface area contributed by atoms with E-state index in [2.05, 4.69) is 10.2 Å². The van der Waals surface area contributed by atoms with E-state index in [1.807, 2.05) is 0 Å². The van der Waals surface area contributed by atoms with Crippen LogP contribution in [-0.2, 0) is 13.9 Å². The highest BCUT2D eigenvalue weighted by molar-refractivity contribution is 7.17. The number of hydroxylamine groups is 2. The van der Waals surface area contributed by atoms with Crippen molar-refractivity contribution in [2.24, 2.45) is 0 Å². The van der Waals surface area contributed by atoms with E-state index in [1.165, 1.54) is 0 Å². The van der Waals surface area contributed by atoms with Gasteiger partial charge in [0, 0.05) is 32.7 Å². The van der Waals surface area contributed by atoms with Crippen molar-refractivity contribution in [3.63, 3.8) is 0 Å². The molecule has 2 unspecified atom stereocenters. The van der Waals surface area contributed by atoms with Crippen molar-refractivity contribution in [2.45, 2.75) is 12.3 Å². The number of morpholine rings is 1. The summed E-state index contributed by atoms with van der Waals surface area (Å²) in [5.74, 6) is 0. The minimum absolute atomic E-state index is 0.0251. The van der Waals surface area contributed by atoms with E-state index in [4.69, 9.17) is 14.5 Å². The minimum Gasteiger partial charge on any atom is -0.394 e. The first-order valence-corrected chi connectivity index (χ1v) is 6.52. The summed E-state index contributed by atoms with van der Waals surface area (Å²) in [6.45, 7) is 4.35. The molecule has 2 aliphatic heterocycles. The first-order valence-electron chi connectivity index (χ1n) is 5.79. The Morgan fingerprint density at radius 2 is 2.41 bits per heavy atom. The molecule has 2 fully saturated rings. The number of nitrogens with one attached hydrogen (secondary N) is 1. The third kappa shape index (κ3) is 3.42. The Hall–Kier alpha value is -0.140. The van der Waals surface area contributed by atoms with E-state index >= 15 is 0 Å². The highest BCUT2D eigenvalue weighted by Gasteiger charge is 2.32. The molecule has 0 radical (unpaired) electrons. The number of hydrogen-bond donors (Lipinski definition) is 2. The molecule has 17 heavy (non-hydrogen) atoms. The highest BCUT2D eigenvalue weighted by atomic mass is 31.1.